The van der Waals surface area contributed by atoms with Crippen molar-refractivity contribution in [3.05, 3.63) is 0 Å². The first-order valence-corrected chi connectivity index (χ1v) is 15.2. The van der Waals surface area contributed by atoms with Crippen LogP contribution in [0.5, 0.6) is 0 Å². The summed E-state index contributed by atoms with van der Waals surface area (Å²) in [5.41, 5.74) is 0.823. The van der Waals surface area contributed by atoms with Gasteiger partial charge in [-0.05, 0) is 111 Å². The van der Waals surface area contributed by atoms with Gasteiger partial charge in [0.2, 0.25) is 0 Å². The van der Waals surface area contributed by atoms with Crippen LogP contribution in [0.25, 0.3) is 0 Å². The minimum absolute atomic E-state index is 0.0176. The van der Waals surface area contributed by atoms with Crippen molar-refractivity contribution in [3.63, 3.8) is 0 Å². The third-order valence-electron chi connectivity index (χ3n) is 12.6. The van der Waals surface area contributed by atoms with Crippen molar-refractivity contribution in [2.24, 2.45) is 52.3 Å². The average Bonchev–Trinajstić information content (AvgIpc) is 3.26. The zero-order chi connectivity index (χ0) is 24.6. The van der Waals surface area contributed by atoms with Crippen molar-refractivity contribution >= 4 is 5.97 Å². The zero-order valence-corrected chi connectivity index (χ0v) is 23.0. The third kappa shape index (κ3) is 3.69. The minimum atomic E-state index is -0.302. The molecule has 35 heavy (non-hydrogen) atoms. The van der Waals surface area contributed by atoms with Crippen LogP contribution < -0.4 is 0 Å². The van der Waals surface area contributed by atoms with E-state index in [9.17, 15) is 4.79 Å². The molecule has 4 saturated carbocycles. The highest BCUT2D eigenvalue weighted by Gasteiger charge is 2.69. The highest BCUT2D eigenvalue weighted by Crippen LogP contribution is 2.71. The average molecular weight is 487 g/mol. The fraction of sp³-hybridized carbons (Fsp3) is 0.968. The van der Waals surface area contributed by atoms with Gasteiger partial charge < -0.3 is 14.2 Å². The van der Waals surface area contributed by atoms with Crippen LogP contribution in [-0.2, 0) is 19.0 Å². The van der Waals surface area contributed by atoms with E-state index in [1.54, 1.807) is 0 Å². The standard InChI is InChI=1S/C31H50O4/c1-6-7-27(32)34-22-11-13-29(4)21(16-22)8-9-23-24(29)12-14-30(5)25(23)17-26-28(30)20(3)31(35-26)15-10-19(2)18-33-31/h19-26,28H,6-18H2,1-5H3/t19-,20-,21-,22+,23+,24-,25-,26-,28-,29-,30-,31+/m0/s1. The maximum absolute atomic E-state index is 12.1. The normalized spacial score (nSPS) is 55.1. The number of rotatable bonds is 3. The lowest BCUT2D eigenvalue weighted by Crippen LogP contribution is -2.55. The van der Waals surface area contributed by atoms with Gasteiger partial charge >= 0.3 is 5.97 Å². The highest BCUT2D eigenvalue weighted by molar-refractivity contribution is 5.69. The fourth-order valence-electron chi connectivity index (χ4n) is 10.8. The molecular formula is C31H50O4. The molecule has 0 unspecified atom stereocenters. The molecule has 6 fully saturated rings. The monoisotopic (exact) mass is 486 g/mol. The predicted octanol–water partition coefficient (Wildman–Crippen LogP) is 7.14. The van der Waals surface area contributed by atoms with Crippen LogP contribution in [0.2, 0.25) is 0 Å². The molecule has 0 N–H and O–H groups in total. The minimum Gasteiger partial charge on any atom is -0.462 e. The molecule has 2 aliphatic heterocycles. The molecule has 4 aliphatic carbocycles. The van der Waals surface area contributed by atoms with Crippen LogP contribution in [0, 0.1) is 52.3 Å². The Labute approximate surface area is 213 Å². The van der Waals surface area contributed by atoms with Gasteiger partial charge in [-0.15, -0.1) is 0 Å². The molecule has 0 bridgehead atoms. The number of hydrogen-bond acceptors (Lipinski definition) is 4. The molecule has 6 aliphatic rings. The first kappa shape index (κ1) is 24.7. The molecule has 198 valence electrons. The zero-order valence-electron chi connectivity index (χ0n) is 23.0. The molecule has 2 saturated heterocycles. The van der Waals surface area contributed by atoms with Gasteiger partial charge in [-0.25, -0.2) is 0 Å². The van der Waals surface area contributed by atoms with Crippen LogP contribution in [0.3, 0.4) is 0 Å². The summed E-state index contributed by atoms with van der Waals surface area (Å²) >= 11 is 0. The molecule has 0 amide bonds. The topological polar surface area (TPSA) is 44.8 Å². The van der Waals surface area contributed by atoms with Crippen molar-refractivity contribution < 1.29 is 19.0 Å². The highest BCUT2D eigenvalue weighted by atomic mass is 16.7. The maximum atomic E-state index is 12.1. The molecule has 4 nitrogen and oxygen atoms in total. The molecule has 6 rings (SSSR count). The number of hydrogen-bond donors (Lipinski definition) is 0. The smallest absolute Gasteiger partial charge is 0.306 e. The van der Waals surface area contributed by atoms with Crippen molar-refractivity contribution in [2.75, 3.05) is 6.61 Å². The summed E-state index contributed by atoms with van der Waals surface area (Å²) in [4.78, 5) is 12.1. The van der Waals surface area contributed by atoms with E-state index < -0.39 is 0 Å². The number of ether oxygens (including phenoxy) is 3. The van der Waals surface area contributed by atoms with Crippen molar-refractivity contribution in [3.8, 4) is 0 Å². The number of carbonyl (C=O) groups excluding carboxylic acids is 1. The van der Waals surface area contributed by atoms with E-state index in [1.807, 2.05) is 0 Å². The lowest BCUT2D eigenvalue weighted by Gasteiger charge is -2.61. The van der Waals surface area contributed by atoms with E-state index in [-0.39, 0.29) is 17.9 Å². The summed E-state index contributed by atoms with van der Waals surface area (Å²) in [6, 6.07) is 0. The quantitative estimate of drug-likeness (QED) is 0.398. The van der Waals surface area contributed by atoms with E-state index in [0.29, 0.717) is 41.1 Å². The van der Waals surface area contributed by atoms with Gasteiger partial charge in [-0.2, -0.15) is 0 Å². The lowest BCUT2D eigenvalue weighted by molar-refractivity contribution is -0.273. The summed E-state index contributed by atoms with van der Waals surface area (Å²) in [7, 11) is 0. The van der Waals surface area contributed by atoms with Crippen LogP contribution >= 0.6 is 0 Å². The maximum Gasteiger partial charge on any atom is 0.306 e. The Bertz CT molecular complexity index is 817. The van der Waals surface area contributed by atoms with E-state index in [1.165, 1.54) is 44.9 Å². The summed E-state index contributed by atoms with van der Waals surface area (Å²) < 4.78 is 19.3. The SMILES string of the molecule is CCCC(=O)O[C@@H]1CC[C@@]2(C)[C@@H](CC[C@@H]3[C@@H]2CC[C@]2(C)[C@@H]4[C@H](C[C@@H]32)O[C@]2(CC[C@H](C)CO2)[C@H]4C)C1. The molecule has 1 spiro atoms. The molecule has 0 aromatic rings. The van der Waals surface area contributed by atoms with E-state index >= 15 is 0 Å². The largest absolute Gasteiger partial charge is 0.462 e. The van der Waals surface area contributed by atoms with Gasteiger partial charge in [0, 0.05) is 18.8 Å². The summed E-state index contributed by atoms with van der Waals surface area (Å²) in [6.07, 6.45) is 14.4. The Morgan fingerprint density at radius 1 is 0.943 bits per heavy atom. The van der Waals surface area contributed by atoms with E-state index in [0.717, 1.165) is 56.0 Å². The van der Waals surface area contributed by atoms with Gasteiger partial charge in [-0.3, -0.25) is 4.79 Å². The molecule has 0 aromatic heterocycles. The van der Waals surface area contributed by atoms with Gasteiger partial charge in [0.05, 0.1) is 12.7 Å². The Balaban J connectivity index is 1.17. The van der Waals surface area contributed by atoms with Crippen LogP contribution in [-0.4, -0.2) is 30.6 Å². The fourth-order valence-corrected chi connectivity index (χ4v) is 10.8. The summed E-state index contributed by atoms with van der Waals surface area (Å²) in [5.74, 6) is 4.74. The molecule has 0 radical (unpaired) electrons. The summed E-state index contributed by atoms with van der Waals surface area (Å²) in [6.45, 7) is 12.9. The molecular weight excluding hydrogens is 436 g/mol. The Hall–Kier alpha value is -0.610. The Morgan fingerprint density at radius 3 is 2.49 bits per heavy atom. The van der Waals surface area contributed by atoms with Crippen molar-refractivity contribution in [1.29, 1.82) is 0 Å². The van der Waals surface area contributed by atoms with E-state index in [2.05, 4.69) is 34.6 Å². The van der Waals surface area contributed by atoms with Crippen LogP contribution in [0.15, 0.2) is 0 Å². The lowest BCUT2D eigenvalue weighted by atomic mass is 9.44. The Morgan fingerprint density at radius 2 is 1.74 bits per heavy atom. The number of esters is 1. The second kappa shape index (κ2) is 8.72. The van der Waals surface area contributed by atoms with Crippen LogP contribution in [0.1, 0.15) is 112 Å². The Kier molecular flexibility index (Phi) is 6.15. The molecule has 2 heterocycles. The summed E-state index contributed by atoms with van der Waals surface area (Å²) in [5, 5.41) is 0. The van der Waals surface area contributed by atoms with Gasteiger partial charge in [0.1, 0.15) is 6.10 Å². The van der Waals surface area contributed by atoms with Gasteiger partial charge in [0.25, 0.3) is 0 Å². The number of fused-ring (bicyclic) bond motifs is 7. The molecule has 12 atom stereocenters. The van der Waals surface area contributed by atoms with E-state index in [4.69, 9.17) is 14.2 Å². The van der Waals surface area contributed by atoms with Crippen molar-refractivity contribution in [1.82, 2.24) is 0 Å². The van der Waals surface area contributed by atoms with Gasteiger partial charge in [0.15, 0.2) is 5.79 Å². The predicted molar refractivity (Wildman–Crippen MR) is 137 cm³/mol. The second-order valence-corrected chi connectivity index (χ2v) is 14.3. The van der Waals surface area contributed by atoms with Crippen LogP contribution in [0.4, 0.5) is 0 Å². The third-order valence-corrected chi connectivity index (χ3v) is 12.6. The first-order valence-electron chi connectivity index (χ1n) is 15.2. The number of carbonyl (C=O) groups is 1. The molecule has 4 heteroatoms. The van der Waals surface area contributed by atoms with Crippen molar-refractivity contribution in [2.45, 2.75) is 130 Å². The first-order chi connectivity index (χ1) is 16.7. The van der Waals surface area contributed by atoms with Gasteiger partial charge in [-0.1, -0.05) is 34.6 Å². The second-order valence-electron chi connectivity index (χ2n) is 14.3. The molecule has 0 aromatic carbocycles.